The second-order valence-electron chi connectivity index (χ2n) is 6.43. The molecule has 0 unspecified atom stereocenters. The zero-order chi connectivity index (χ0) is 20.4. The highest BCUT2D eigenvalue weighted by Gasteiger charge is 2.36. The predicted molar refractivity (Wildman–Crippen MR) is 118 cm³/mol. The fourth-order valence-electron chi connectivity index (χ4n) is 3.13. The van der Waals surface area contributed by atoms with E-state index in [9.17, 15) is 4.79 Å². The second kappa shape index (κ2) is 8.00. The molecule has 0 aliphatic carbocycles. The third-order valence-electron chi connectivity index (χ3n) is 4.70. The van der Waals surface area contributed by atoms with E-state index in [2.05, 4.69) is 33.8 Å². The zero-order valence-electron chi connectivity index (χ0n) is 16.2. The number of carbonyl (C=O) groups excluding carboxylic acids is 1. The van der Waals surface area contributed by atoms with Crippen molar-refractivity contribution < 1.29 is 4.79 Å². The normalized spacial score (nSPS) is 17.3. The van der Waals surface area contributed by atoms with Crippen LogP contribution in [0.4, 0.5) is 5.69 Å². The number of hydrogen-bond donors (Lipinski definition) is 1. The summed E-state index contributed by atoms with van der Waals surface area (Å²) in [7, 11) is 0. The average Bonchev–Trinajstić information content (AvgIpc) is 3.18. The maximum absolute atomic E-state index is 12.6. The molecule has 8 heteroatoms. The number of hydrazone groups is 1. The zero-order valence-corrected chi connectivity index (χ0v) is 17.0. The van der Waals surface area contributed by atoms with E-state index in [1.807, 2.05) is 36.4 Å². The van der Waals surface area contributed by atoms with Gasteiger partial charge in [0, 0.05) is 36.7 Å². The molecule has 0 saturated heterocycles. The lowest BCUT2D eigenvalue weighted by atomic mass is 10.1. The first kappa shape index (κ1) is 19.1. The summed E-state index contributed by atoms with van der Waals surface area (Å²) in [5, 5.41) is 15.4. The van der Waals surface area contributed by atoms with Gasteiger partial charge in [-0.15, -0.1) is 0 Å². The highest BCUT2D eigenvalue weighted by atomic mass is 32.2. The summed E-state index contributed by atoms with van der Waals surface area (Å²) >= 11 is 1.27. The minimum atomic E-state index is -0.427. The summed E-state index contributed by atoms with van der Waals surface area (Å²) in [6.45, 7) is 6.10. The summed E-state index contributed by atoms with van der Waals surface area (Å²) in [4.78, 5) is 23.0. The quantitative estimate of drug-likeness (QED) is 0.770. The number of nitrogens with one attached hydrogen (secondary N) is 1. The summed E-state index contributed by atoms with van der Waals surface area (Å²) in [6, 6.07) is 11.6. The van der Waals surface area contributed by atoms with Crippen LogP contribution in [0.5, 0.6) is 0 Å². The van der Waals surface area contributed by atoms with Crippen molar-refractivity contribution in [2.24, 2.45) is 10.1 Å². The molecule has 3 heterocycles. The number of aliphatic imine (C=N–C) groups is 1. The van der Waals surface area contributed by atoms with E-state index in [-0.39, 0.29) is 11.4 Å². The van der Waals surface area contributed by atoms with Crippen LogP contribution in [0.1, 0.15) is 25.0 Å². The van der Waals surface area contributed by atoms with Gasteiger partial charge < -0.3 is 4.90 Å². The van der Waals surface area contributed by atoms with Gasteiger partial charge in [-0.05, 0) is 61.5 Å². The van der Waals surface area contributed by atoms with Crippen LogP contribution in [0.3, 0.4) is 0 Å². The Kier molecular flexibility index (Phi) is 5.26. The van der Waals surface area contributed by atoms with Crippen molar-refractivity contribution in [3.63, 3.8) is 0 Å². The molecule has 2 aliphatic rings. The number of nitrogens with zero attached hydrogens (tertiary/aromatic N) is 5. The molecule has 0 bridgehead atoms. The molecule has 29 heavy (non-hydrogen) atoms. The molecular formula is C21H20N6OS. The van der Waals surface area contributed by atoms with Gasteiger partial charge in [-0.1, -0.05) is 12.1 Å². The van der Waals surface area contributed by atoms with Crippen LogP contribution >= 0.6 is 11.8 Å². The van der Waals surface area contributed by atoms with Crippen LogP contribution in [-0.4, -0.2) is 45.0 Å². The van der Waals surface area contributed by atoms with Crippen LogP contribution in [0.15, 0.2) is 64.5 Å². The first-order valence-corrected chi connectivity index (χ1v) is 10.2. The first-order chi connectivity index (χ1) is 14.1. The Hall–Kier alpha value is -3.26. The van der Waals surface area contributed by atoms with Gasteiger partial charge in [0.05, 0.1) is 5.57 Å². The molecule has 0 saturated carbocycles. The minimum absolute atomic E-state index is 0.0270. The van der Waals surface area contributed by atoms with Gasteiger partial charge >= 0.3 is 0 Å². The van der Waals surface area contributed by atoms with Crippen molar-refractivity contribution in [3.8, 4) is 0 Å². The fraction of sp³-hybridized carbons (Fsp3) is 0.190. The van der Waals surface area contributed by atoms with Gasteiger partial charge in [0.2, 0.25) is 5.17 Å². The number of rotatable bonds is 5. The van der Waals surface area contributed by atoms with Crippen LogP contribution < -0.4 is 4.90 Å². The number of fused-ring (bicyclic) bond motifs is 1. The molecule has 7 nitrogen and oxygen atoms in total. The highest BCUT2D eigenvalue weighted by molar-refractivity contribution is 8.27. The van der Waals surface area contributed by atoms with Gasteiger partial charge in [-0.2, -0.15) is 15.1 Å². The topological polar surface area (TPSA) is 85.0 Å². The monoisotopic (exact) mass is 404 g/mol. The summed E-state index contributed by atoms with van der Waals surface area (Å²) in [5.74, 6) is -0.400. The SMILES string of the molecule is CCN(CC)c1ccc(C=C2C(=N)N3N=C(c4cccnc4)SC3=NC2=O)cc1. The third-order valence-corrected chi connectivity index (χ3v) is 5.65. The molecule has 1 aromatic carbocycles. The minimum Gasteiger partial charge on any atom is -0.372 e. The van der Waals surface area contributed by atoms with E-state index < -0.39 is 5.91 Å². The molecule has 1 N–H and O–H groups in total. The molecule has 0 atom stereocenters. The fourth-order valence-corrected chi connectivity index (χ4v) is 4.02. The van der Waals surface area contributed by atoms with Gasteiger partial charge in [0.15, 0.2) is 5.84 Å². The Morgan fingerprint density at radius 3 is 2.59 bits per heavy atom. The van der Waals surface area contributed by atoms with E-state index in [4.69, 9.17) is 5.41 Å². The van der Waals surface area contributed by atoms with Crippen molar-refractivity contribution in [1.82, 2.24) is 9.99 Å². The molecule has 146 valence electrons. The molecule has 1 amide bonds. The van der Waals surface area contributed by atoms with Crippen molar-refractivity contribution in [2.75, 3.05) is 18.0 Å². The third kappa shape index (κ3) is 3.71. The molecule has 1 aromatic heterocycles. The van der Waals surface area contributed by atoms with E-state index in [1.54, 1.807) is 18.5 Å². The van der Waals surface area contributed by atoms with Crippen molar-refractivity contribution in [1.29, 1.82) is 5.41 Å². The molecule has 2 aromatic rings. The number of hydrogen-bond acceptors (Lipinski definition) is 6. The Labute approximate surface area is 173 Å². The first-order valence-electron chi connectivity index (χ1n) is 9.36. The lowest BCUT2D eigenvalue weighted by Crippen LogP contribution is -2.35. The molecular weight excluding hydrogens is 384 g/mol. The summed E-state index contributed by atoms with van der Waals surface area (Å²) < 4.78 is 0. The standard InChI is InChI=1S/C21H20N6OS/c1-3-26(4-2)16-9-7-14(8-10-16)12-17-18(22)27-21(24-19(17)28)29-20(25-27)15-6-5-11-23-13-15/h5-13,22H,3-4H2,1-2H3. The van der Waals surface area contributed by atoms with Gasteiger partial charge in [0.25, 0.3) is 5.91 Å². The lowest BCUT2D eigenvalue weighted by Gasteiger charge is -2.21. The number of anilines is 1. The molecule has 0 radical (unpaired) electrons. The average molecular weight is 404 g/mol. The van der Waals surface area contributed by atoms with Crippen molar-refractivity contribution in [2.45, 2.75) is 13.8 Å². The van der Waals surface area contributed by atoms with E-state index >= 15 is 0 Å². The number of benzene rings is 1. The maximum atomic E-state index is 12.6. The Morgan fingerprint density at radius 1 is 1.17 bits per heavy atom. The van der Waals surface area contributed by atoms with Gasteiger partial charge in [-0.25, -0.2) is 0 Å². The molecule has 0 fully saturated rings. The number of thioether (sulfide) groups is 1. The van der Waals surface area contributed by atoms with Gasteiger partial charge in [0.1, 0.15) is 5.04 Å². The number of aromatic nitrogens is 1. The Balaban J connectivity index is 1.61. The molecule has 4 rings (SSSR count). The summed E-state index contributed by atoms with van der Waals surface area (Å²) in [6.07, 6.45) is 5.08. The Morgan fingerprint density at radius 2 is 1.93 bits per heavy atom. The highest BCUT2D eigenvalue weighted by Crippen LogP contribution is 2.30. The Bertz CT molecular complexity index is 1040. The molecule has 2 aliphatic heterocycles. The smallest absolute Gasteiger partial charge is 0.283 e. The number of pyridine rings is 1. The van der Waals surface area contributed by atoms with Crippen LogP contribution in [0, 0.1) is 5.41 Å². The molecule has 0 spiro atoms. The largest absolute Gasteiger partial charge is 0.372 e. The maximum Gasteiger partial charge on any atom is 0.283 e. The van der Waals surface area contributed by atoms with Gasteiger partial charge in [-0.3, -0.25) is 15.2 Å². The van der Waals surface area contributed by atoms with E-state index in [1.165, 1.54) is 16.8 Å². The van der Waals surface area contributed by atoms with Crippen molar-refractivity contribution in [3.05, 3.63) is 65.5 Å². The second-order valence-corrected chi connectivity index (χ2v) is 7.39. The van der Waals surface area contributed by atoms with Crippen LogP contribution in [0.2, 0.25) is 0 Å². The predicted octanol–water partition coefficient (Wildman–Crippen LogP) is 3.60. The lowest BCUT2D eigenvalue weighted by molar-refractivity contribution is -0.114. The number of amidine groups is 2. The number of carbonyl (C=O) groups is 1. The number of amides is 1. The summed E-state index contributed by atoms with van der Waals surface area (Å²) in [5.41, 5.74) is 3.02. The van der Waals surface area contributed by atoms with E-state index in [0.717, 1.165) is 29.9 Å². The van der Waals surface area contributed by atoms with Crippen molar-refractivity contribution >= 4 is 45.5 Å². The van der Waals surface area contributed by atoms with Crippen LogP contribution in [0.25, 0.3) is 6.08 Å². The van der Waals surface area contributed by atoms with Crippen LogP contribution in [-0.2, 0) is 4.79 Å². The van der Waals surface area contributed by atoms with E-state index in [0.29, 0.717) is 10.2 Å².